The van der Waals surface area contributed by atoms with Crippen LogP contribution in [0.3, 0.4) is 0 Å². The molecule has 1 heterocycles. The molecule has 3 nitrogen and oxygen atoms in total. The molecule has 1 aromatic rings. The van der Waals surface area contributed by atoms with Gasteiger partial charge in [0.15, 0.2) is 0 Å². The normalized spacial score (nSPS) is 20.4. The summed E-state index contributed by atoms with van der Waals surface area (Å²) < 4.78 is 6.56. The van der Waals surface area contributed by atoms with Gasteiger partial charge in [-0.15, -0.1) is 0 Å². The minimum Gasteiger partial charge on any atom is -0.399 e. The second kappa shape index (κ2) is 4.96. The highest BCUT2D eigenvalue weighted by Crippen LogP contribution is 2.24. The fraction of sp³-hybridized carbons (Fsp3) is 0.538. The second-order valence-corrected chi connectivity index (χ2v) is 6.10. The van der Waals surface area contributed by atoms with Crippen LogP contribution >= 0.6 is 15.9 Å². The number of nitrogens with two attached hydrogens (primary N) is 1. The Kier molecular flexibility index (Phi) is 3.76. The van der Waals surface area contributed by atoms with E-state index >= 15 is 0 Å². The highest BCUT2D eigenvalue weighted by atomic mass is 79.9. The Balaban J connectivity index is 2.14. The fourth-order valence-corrected chi connectivity index (χ4v) is 2.73. The Labute approximate surface area is 111 Å². The van der Waals surface area contributed by atoms with Gasteiger partial charge in [-0.05, 0) is 37.6 Å². The lowest BCUT2D eigenvalue weighted by molar-refractivity contribution is -0.0552. The van der Waals surface area contributed by atoms with Crippen LogP contribution in [0.5, 0.6) is 0 Å². The molecule has 1 aliphatic heterocycles. The maximum absolute atomic E-state index is 5.86. The number of ether oxygens (including phenoxy) is 1. The zero-order valence-electron chi connectivity index (χ0n) is 10.4. The predicted molar refractivity (Wildman–Crippen MR) is 73.9 cm³/mol. The highest BCUT2D eigenvalue weighted by molar-refractivity contribution is 9.10. The number of hydrogen-bond donors (Lipinski definition) is 1. The van der Waals surface area contributed by atoms with E-state index in [0.29, 0.717) is 0 Å². The van der Waals surface area contributed by atoms with Crippen molar-refractivity contribution in [1.82, 2.24) is 4.90 Å². The predicted octanol–water partition coefficient (Wildman–Crippen LogP) is 2.64. The van der Waals surface area contributed by atoms with Crippen LogP contribution in [0.2, 0.25) is 0 Å². The first-order chi connectivity index (χ1) is 7.97. The van der Waals surface area contributed by atoms with Crippen molar-refractivity contribution in [3.63, 3.8) is 0 Å². The molecule has 0 atom stereocenters. The largest absolute Gasteiger partial charge is 0.399 e. The lowest BCUT2D eigenvalue weighted by atomic mass is 10.0. The Bertz CT molecular complexity index is 386. The van der Waals surface area contributed by atoms with Crippen molar-refractivity contribution in [1.29, 1.82) is 0 Å². The van der Waals surface area contributed by atoms with Gasteiger partial charge in [0.1, 0.15) is 0 Å². The van der Waals surface area contributed by atoms with Crippen molar-refractivity contribution < 1.29 is 4.74 Å². The van der Waals surface area contributed by atoms with Crippen molar-refractivity contribution in [3.8, 4) is 0 Å². The maximum atomic E-state index is 5.86. The Morgan fingerprint density at radius 3 is 2.82 bits per heavy atom. The van der Waals surface area contributed by atoms with E-state index in [-0.39, 0.29) is 5.54 Å². The topological polar surface area (TPSA) is 38.5 Å². The summed E-state index contributed by atoms with van der Waals surface area (Å²) in [5.41, 5.74) is 8.00. The van der Waals surface area contributed by atoms with Crippen LogP contribution in [-0.2, 0) is 11.3 Å². The van der Waals surface area contributed by atoms with Gasteiger partial charge >= 0.3 is 0 Å². The molecule has 0 unspecified atom stereocenters. The first kappa shape index (κ1) is 12.9. The third-order valence-electron chi connectivity index (χ3n) is 3.17. The summed E-state index contributed by atoms with van der Waals surface area (Å²) in [6.45, 7) is 7.92. The molecule has 0 saturated carbocycles. The van der Waals surface area contributed by atoms with Crippen LogP contribution in [0.15, 0.2) is 22.7 Å². The summed E-state index contributed by atoms with van der Waals surface area (Å²) in [6.07, 6.45) is 0. The molecule has 0 bridgehead atoms. The minimum atomic E-state index is 0.0926. The molecule has 4 heteroatoms. The fourth-order valence-electron chi connectivity index (χ4n) is 2.17. The number of benzene rings is 1. The average Bonchev–Trinajstić information content (AvgIpc) is 2.19. The number of hydrogen-bond acceptors (Lipinski definition) is 3. The number of rotatable bonds is 2. The lowest BCUT2D eigenvalue weighted by Crippen LogP contribution is -2.52. The monoisotopic (exact) mass is 298 g/mol. The zero-order chi connectivity index (χ0) is 12.5. The second-order valence-electron chi connectivity index (χ2n) is 5.18. The number of halogens is 1. The summed E-state index contributed by atoms with van der Waals surface area (Å²) in [7, 11) is 0. The molecule has 1 aromatic carbocycles. The van der Waals surface area contributed by atoms with Gasteiger partial charge < -0.3 is 10.5 Å². The summed E-state index contributed by atoms with van der Waals surface area (Å²) in [5.74, 6) is 0. The molecule has 1 aliphatic rings. The van der Waals surface area contributed by atoms with Crippen LogP contribution in [0, 0.1) is 0 Å². The maximum Gasteiger partial charge on any atom is 0.0645 e. The van der Waals surface area contributed by atoms with Gasteiger partial charge in [0.05, 0.1) is 13.2 Å². The van der Waals surface area contributed by atoms with E-state index in [1.807, 2.05) is 12.1 Å². The van der Waals surface area contributed by atoms with Gasteiger partial charge in [-0.25, -0.2) is 0 Å². The summed E-state index contributed by atoms with van der Waals surface area (Å²) >= 11 is 3.48. The smallest absolute Gasteiger partial charge is 0.0645 e. The van der Waals surface area contributed by atoms with Gasteiger partial charge in [-0.1, -0.05) is 15.9 Å². The highest BCUT2D eigenvalue weighted by Gasteiger charge is 2.30. The number of nitrogen functional groups attached to an aromatic ring is 1. The Hall–Kier alpha value is -0.580. The van der Waals surface area contributed by atoms with Crippen molar-refractivity contribution >= 4 is 21.6 Å². The van der Waals surface area contributed by atoms with E-state index in [0.717, 1.165) is 36.5 Å². The van der Waals surface area contributed by atoms with E-state index in [4.69, 9.17) is 10.5 Å². The van der Waals surface area contributed by atoms with Crippen molar-refractivity contribution in [3.05, 3.63) is 28.2 Å². The molecule has 1 saturated heterocycles. The van der Waals surface area contributed by atoms with E-state index in [1.54, 1.807) is 0 Å². The molecular weight excluding hydrogens is 280 g/mol. The van der Waals surface area contributed by atoms with Crippen LogP contribution in [0.25, 0.3) is 0 Å². The molecular formula is C13H19BrN2O. The van der Waals surface area contributed by atoms with E-state index in [1.165, 1.54) is 5.56 Å². The molecule has 0 aliphatic carbocycles. The van der Waals surface area contributed by atoms with Crippen LogP contribution in [0.4, 0.5) is 5.69 Å². The van der Waals surface area contributed by atoms with E-state index < -0.39 is 0 Å². The number of anilines is 1. The van der Waals surface area contributed by atoms with Crippen molar-refractivity contribution in [2.75, 3.05) is 25.5 Å². The molecule has 0 radical (unpaired) electrons. The third kappa shape index (κ3) is 3.21. The van der Waals surface area contributed by atoms with Gasteiger partial charge in [0, 0.05) is 28.8 Å². The molecule has 0 amide bonds. The molecule has 0 aromatic heterocycles. The zero-order valence-corrected chi connectivity index (χ0v) is 12.0. The molecule has 2 N–H and O–H groups in total. The molecule has 0 spiro atoms. The van der Waals surface area contributed by atoms with Crippen LogP contribution in [0.1, 0.15) is 19.4 Å². The van der Waals surface area contributed by atoms with Gasteiger partial charge in [-0.3, -0.25) is 4.90 Å². The SMILES string of the molecule is CC1(C)COCCN1Cc1cc(N)cc(Br)c1. The molecule has 1 fully saturated rings. The molecule has 2 rings (SSSR count). The minimum absolute atomic E-state index is 0.0926. The molecule has 94 valence electrons. The van der Waals surface area contributed by atoms with Gasteiger partial charge in [-0.2, -0.15) is 0 Å². The van der Waals surface area contributed by atoms with E-state index in [9.17, 15) is 0 Å². The summed E-state index contributed by atoms with van der Waals surface area (Å²) in [5, 5.41) is 0. The number of morpholine rings is 1. The lowest BCUT2D eigenvalue weighted by Gasteiger charge is -2.42. The first-order valence-electron chi connectivity index (χ1n) is 5.85. The average molecular weight is 299 g/mol. The summed E-state index contributed by atoms with van der Waals surface area (Å²) in [4.78, 5) is 2.44. The van der Waals surface area contributed by atoms with Gasteiger partial charge in [0.25, 0.3) is 0 Å². The number of nitrogens with zero attached hydrogens (tertiary/aromatic N) is 1. The Morgan fingerprint density at radius 1 is 1.41 bits per heavy atom. The Morgan fingerprint density at radius 2 is 2.18 bits per heavy atom. The van der Waals surface area contributed by atoms with Gasteiger partial charge in [0.2, 0.25) is 0 Å². The van der Waals surface area contributed by atoms with Crippen molar-refractivity contribution in [2.24, 2.45) is 0 Å². The van der Waals surface area contributed by atoms with E-state index in [2.05, 4.69) is 40.7 Å². The summed E-state index contributed by atoms with van der Waals surface area (Å²) in [6, 6.07) is 6.09. The third-order valence-corrected chi connectivity index (χ3v) is 3.63. The standard InChI is InChI=1S/C13H19BrN2O/c1-13(2)9-17-4-3-16(13)8-10-5-11(14)7-12(15)6-10/h5-7H,3-4,8-9,15H2,1-2H3. The quantitative estimate of drug-likeness (QED) is 0.853. The van der Waals surface area contributed by atoms with Crippen molar-refractivity contribution in [2.45, 2.75) is 25.9 Å². The van der Waals surface area contributed by atoms with Crippen LogP contribution < -0.4 is 5.73 Å². The van der Waals surface area contributed by atoms with Crippen LogP contribution in [-0.4, -0.2) is 30.2 Å². The first-order valence-corrected chi connectivity index (χ1v) is 6.64. The molecule has 17 heavy (non-hydrogen) atoms.